The van der Waals surface area contributed by atoms with Crippen molar-refractivity contribution in [2.75, 3.05) is 11.8 Å². The monoisotopic (exact) mass is 572 g/mol. The van der Waals surface area contributed by atoms with Gasteiger partial charge in [0.05, 0.1) is 6.10 Å². The zero-order valence-electron chi connectivity index (χ0n) is 22.1. The summed E-state index contributed by atoms with van der Waals surface area (Å²) in [4.78, 5) is 39.4. The average Bonchev–Trinajstić information content (AvgIpc) is 3.39. The van der Waals surface area contributed by atoms with Crippen molar-refractivity contribution >= 4 is 40.4 Å². The molecule has 0 amide bonds. The summed E-state index contributed by atoms with van der Waals surface area (Å²) in [7, 11) is 0. The standard InChI is InChI=1S/C28H35F3O5S2/c1-15-10-17-18-12-20(30)19-11-16(32)6-8-24(19,2)27(18,31)21(33)13-25(17,3)28(15,23(35)37-14-29)36-22(34)26(4)7-5-9-38-26/h6,8,11,15,17-18,20-21,33H,5,7,9-10,12-14H2,1-4H3/t15?,17-,18-,20?,21?,24-,25-,26?,27?,28?/m0/s1. The van der Waals surface area contributed by atoms with Crippen molar-refractivity contribution in [2.45, 2.75) is 88.1 Å². The van der Waals surface area contributed by atoms with Gasteiger partial charge in [0.1, 0.15) is 16.9 Å². The van der Waals surface area contributed by atoms with Crippen LogP contribution < -0.4 is 0 Å². The third-order valence-corrected chi connectivity index (χ3v) is 12.7. The fourth-order valence-electron chi connectivity index (χ4n) is 8.57. The molecule has 0 aromatic rings. The molecule has 10 atom stereocenters. The van der Waals surface area contributed by atoms with E-state index in [2.05, 4.69) is 0 Å². The molecule has 6 unspecified atom stereocenters. The zero-order chi connectivity index (χ0) is 27.9. The summed E-state index contributed by atoms with van der Waals surface area (Å²) in [6.45, 7) is 6.74. The molecule has 0 aromatic carbocycles. The molecule has 5 aliphatic rings. The highest BCUT2D eigenvalue weighted by Crippen LogP contribution is 2.72. The Hall–Kier alpha value is -1.26. The second-order valence-electron chi connectivity index (χ2n) is 12.3. The molecule has 5 rings (SSSR count). The van der Waals surface area contributed by atoms with Crippen molar-refractivity contribution in [2.24, 2.45) is 28.6 Å². The van der Waals surface area contributed by atoms with E-state index >= 15 is 8.78 Å². The van der Waals surface area contributed by atoms with Gasteiger partial charge in [-0.15, -0.1) is 11.8 Å². The van der Waals surface area contributed by atoms with Crippen LogP contribution in [0.5, 0.6) is 0 Å². The first-order chi connectivity index (χ1) is 17.7. The molecule has 0 spiro atoms. The highest BCUT2D eigenvalue weighted by atomic mass is 32.2. The van der Waals surface area contributed by atoms with E-state index in [-0.39, 0.29) is 24.8 Å². The minimum atomic E-state index is -2.31. The van der Waals surface area contributed by atoms with Crippen LogP contribution in [0.1, 0.15) is 59.8 Å². The number of thioether (sulfide) groups is 2. The third-order valence-electron chi connectivity index (χ3n) is 10.6. The van der Waals surface area contributed by atoms with Crippen LogP contribution >= 0.6 is 23.5 Å². The van der Waals surface area contributed by atoms with Crippen molar-refractivity contribution in [1.82, 2.24) is 0 Å². The second kappa shape index (κ2) is 9.13. The number of rotatable bonds is 4. The maximum Gasteiger partial charge on any atom is 0.322 e. The van der Waals surface area contributed by atoms with Crippen LogP contribution in [-0.2, 0) is 19.1 Å². The maximum absolute atomic E-state index is 17.5. The first kappa shape index (κ1) is 28.3. The molecule has 1 heterocycles. The summed E-state index contributed by atoms with van der Waals surface area (Å²) in [5.41, 5.74) is -6.91. The van der Waals surface area contributed by atoms with Gasteiger partial charge in [-0.05, 0) is 87.1 Å². The molecule has 1 aliphatic heterocycles. The summed E-state index contributed by atoms with van der Waals surface area (Å²) >= 11 is 1.87. The molecule has 1 saturated heterocycles. The summed E-state index contributed by atoms with van der Waals surface area (Å²) in [6.07, 6.45) is 1.59. The van der Waals surface area contributed by atoms with Crippen LogP contribution in [0.25, 0.3) is 0 Å². The zero-order valence-corrected chi connectivity index (χ0v) is 23.7. The summed E-state index contributed by atoms with van der Waals surface area (Å²) < 4.78 is 52.1. The number of allylic oxidation sites excluding steroid dienone is 4. The quantitative estimate of drug-likeness (QED) is 0.458. The van der Waals surface area contributed by atoms with Crippen molar-refractivity contribution in [3.8, 4) is 0 Å². The van der Waals surface area contributed by atoms with Crippen LogP contribution in [0.2, 0.25) is 0 Å². The number of aliphatic hydroxyl groups is 1. The Bertz CT molecular complexity index is 1120. The lowest BCUT2D eigenvalue weighted by molar-refractivity contribution is -0.229. The first-order valence-corrected chi connectivity index (χ1v) is 15.3. The highest BCUT2D eigenvalue weighted by molar-refractivity contribution is 8.13. The van der Waals surface area contributed by atoms with Gasteiger partial charge in [0.15, 0.2) is 17.1 Å². The molecule has 3 saturated carbocycles. The van der Waals surface area contributed by atoms with Gasteiger partial charge in [0.25, 0.3) is 0 Å². The van der Waals surface area contributed by atoms with Crippen LogP contribution in [0.4, 0.5) is 13.2 Å². The fourth-order valence-corrected chi connectivity index (χ4v) is 10.5. The van der Waals surface area contributed by atoms with Crippen LogP contribution in [0.15, 0.2) is 23.8 Å². The van der Waals surface area contributed by atoms with Gasteiger partial charge in [-0.3, -0.25) is 14.4 Å². The number of aliphatic hydroxyl groups excluding tert-OH is 1. The Morgan fingerprint density at radius 2 is 1.95 bits per heavy atom. The maximum atomic E-state index is 17.5. The van der Waals surface area contributed by atoms with Crippen molar-refractivity contribution < 1.29 is 37.4 Å². The van der Waals surface area contributed by atoms with E-state index in [1.165, 1.54) is 30.8 Å². The molecule has 1 N–H and O–H groups in total. The Kier molecular flexibility index (Phi) is 6.79. The van der Waals surface area contributed by atoms with Gasteiger partial charge in [-0.1, -0.05) is 19.9 Å². The van der Waals surface area contributed by atoms with Gasteiger partial charge in [-0.25, -0.2) is 13.2 Å². The van der Waals surface area contributed by atoms with E-state index < -0.39 is 79.8 Å². The molecule has 4 aliphatic carbocycles. The van der Waals surface area contributed by atoms with E-state index in [0.29, 0.717) is 18.2 Å². The van der Waals surface area contributed by atoms with Gasteiger partial charge < -0.3 is 9.84 Å². The molecular weight excluding hydrogens is 537 g/mol. The molecule has 5 nitrogen and oxygen atoms in total. The number of carbonyl (C=O) groups is 3. The van der Waals surface area contributed by atoms with Crippen molar-refractivity contribution in [3.63, 3.8) is 0 Å². The number of ether oxygens (including phenoxy) is 1. The Morgan fingerprint density at radius 1 is 1.24 bits per heavy atom. The number of halogens is 3. The molecule has 0 aromatic heterocycles. The number of fused-ring (bicyclic) bond motifs is 5. The van der Waals surface area contributed by atoms with Crippen molar-refractivity contribution in [1.29, 1.82) is 0 Å². The Labute approximate surface area is 229 Å². The van der Waals surface area contributed by atoms with E-state index in [9.17, 15) is 23.9 Å². The second-order valence-corrected chi connectivity index (χ2v) is 14.8. The average molecular weight is 573 g/mol. The Morgan fingerprint density at radius 3 is 2.58 bits per heavy atom. The number of alkyl halides is 3. The molecular formula is C28H35F3O5S2. The van der Waals surface area contributed by atoms with Gasteiger partial charge in [0.2, 0.25) is 5.12 Å². The first-order valence-electron chi connectivity index (χ1n) is 13.3. The topological polar surface area (TPSA) is 80.7 Å². The summed E-state index contributed by atoms with van der Waals surface area (Å²) in [6, 6.07) is -1.02. The molecule has 0 bridgehead atoms. The molecule has 4 fully saturated rings. The van der Waals surface area contributed by atoms with E-state index in [1.807, 2.05) is 0 Å². The Balaban J connectivity index is 1.62. The van der Waals surface area contributed by atoms with Gasteiger partial charge >= 0.3 is 5.97 Å². The van der Waals surface area contributed by atoms with E-state index in [4.69, 9.17) is 4.74 Å². The molecule has 210 valence electrons. The fraction of sp³-hybridized carbons (Fsp3) is 0.750. The summed E-state index contributed by atoms with van der Waals surface area (Å²) in [5, 5.41) is 10.9. The highest BCUT2D eigenvalue weighted by Gasteiger charge is 2.78. The number of esters is 1. The van der Waals surface area contributed by atoms with Crippen molar-refractivity contribution in [3.05, 3.63) is 23.8 Å². The number of hydrogen-bond donors (Lipinski definition) is 1. The number of carbonyl (C=O) groups excluding carboxylic acids is 3. The third kappa shape index (κ3) is 3.47. The summed E-state index contributed by atoms with van der Waals surface area (Å²) in [5.74, 6) is -2.47. The SMILES string of the molecule is CC1C[C@H]2[C@@H]3CC(F)C4=CC(=O)C=C[C@]4(C)C3(F)C(O)C[C@]2(C)C1(OC(=O)C1(C)CCCS1)C(=O)SCF. The molecule has 38 heavy (non-hydrogen) atoms. The van der Waals surface area contributed by atoms with E-state index in [0.717, 1.165) is 18.2 Å². The molecule has 10 heteroatoms. The molecule has 0 radical (unpaired) electrons. The minimum absolute atomic E-state index is 0.0189. The van der Waals surface area contributed by atoms with Crippen LogP contribution in [0.3, 0.4) is 0 Å². The minimum Gasteiger partial charge on any atom is -0.448 e. The van der Waals surface area contributed by atoms with Gasteiger partial charge in [0, 0.05) is 22.7 Å². The predicted molar refractivity (Wildman–Crippen MR) is 141 cm³/mol. The van der Waals surface area contributed by atoms with Gasteiger partial charge in [-0.2, -0.15) is 0 Å². The normalized spacial score (nSPS) is 49.6. The largest absolute Gasteiger partial charge is 0.448 e. The number of ketones is 1. The van der Waals surface area contributed by atoms with Crippen LogP contribution in [0, 0.1) is 28.6 Å². The predicted octanol–water partition coefficient (Wildman–Crippen LogP) is 5.31. The smallest absolute Gasteiger partial charge is 0.322 e. The lowest BCUT2D eigenvalue weighted by atomic mass is 9.44. The van der Waals surface area contributed by atoms with Crippen LogP contribution in [-0.4, -0.2) is 62.0 Å². The lowest BCUT2D eigenvalue weighted by Crippen LogP contribution is -2.71. The lowest BCUT2D eigenvalue weighted by Gasteiger charge is -2.63. The number of hydrogen-bond acceptors (Lipinski definition) is 7. The van der Waals surface area contributed by atoms with E-state index in [1.54, 1.807) is 20.8 Å².